The minimum atomic E-state index is -1.20. The molecule has 0 saturated heterocycles. The molecule has 0 spiro atoms. The second-order valence-corrected chi connectivity index (χ2v) is 17.5. The zero-order valence-electron chi connectivity index (χ0n) is 38.2. The normalized spacial score (nSPS) is 11.4. The van der Waals surface area contributed by atoms with Crippen molar-refractivity contribution in [3.8, 4) is 11.5 Å². The Balaban J connectivity index is 1.31. The van der Waals surface area contributed by atoms with E-state index in [1.165, 1.54) is 75.3 Å². The van der Waals surface area contributed by atoms with E-state index in [0.29, 0.717) is 35.5 Å². The Morgan fingerprint density at radius 1 is 0.446 bits per heavy atom. The number of benzene rings is 6. The molecule has 0 bridgehead atoms. The smallest absolute Gasteiger partial charge is 0.336 e. The van der Waals surface area contributed by atoms with Gasteiger partial charge in [0.1, 0.15) is 13.2 Å². The van der Waals surface area contributed by atoms with Crippen LogP contribution in [0.5, 0.6) is 11.5 Å². The van der Waals surface area contributed by atoms with Crippen LogP contribution in [0.15, 0.2) is 126 Å². The quantitative estimate of drug-likeness (QED) is 0.0522. The number of hydrogen-bond donors (Lipinski definition) is 2. The van der Waals surface area contributed by atoms with Gasteiger partial charge < -0.3 is 24.1 Å². The van der Waals surface area contributed by atoms with Crippen LogP contribution >= 0.6 is 0 Å². The summed E-state index contributed by atoms with van der Waals surface area (Å²) in [4.78, 5) is 26.7. The lowest BCUT2D eigenvalue weighted by molar-refractivity contribution is 0.0686. The number of aromatic carboxylic acids is 2. The molecule has 65 heavy (non-hydrogen) atoms. The summed E-state index contributed by atoms with van der Waals surface area (Å²) < 4.78 is 20.2. The van der Waals surface area contributed by atoms with Gasteiger partial charge in [-0.1, -0.05) is 187 Å². The highest BCUT2D eigenvalue weighted by Crippen LogP contribution is 2.47. The van der Waals surface area contributed by atoms with Gasteiger partial charge in [-0.05, 0) is 71.2 Å². The molecular weight excluding hydrogens is 809 g/mol. The maximum absolute atomic E-state index is 13.4. The molecule has 7 nitrogen and oxygen atoms in total. The van der Waals surface area contributed by atoms with Gasteiger partial charge >= 0.3 is 11.9 Å². The number of carboxylic acids is 2. The molecule has 0 aliphatic carbocycles. The van der Waals surface area contributed by atoms with Crippen LogP contribution in [0.3, 0.4) is 0 Å². The van der Waals surface area contributed by atoms with Gasteiger partial charge in [-0.15, -0.1) is 0 Å². The molecule has 1 heterocycles. The first-order chi connectivity index (χ1) is 31.8. The predicted molar refractivity (Wildman–Crippen MR) is 262 cm³/mol. The van der Waals surface area contributed by atoms with Crippen molar-refractivity contribution >= 4 is 33.9 Å². The third kappa shape index (κ3) is 12.5. The molecule has 2 N–H and O–H groups in total. The van der Waals surface area contributed by atoms with Crippen molar-refractivity contribution in [2.75, 3.05) is 0 Å². The van der Waals surface area contributed by atoms with E-state index in [-0.39, 0.29) is 46.3 Å². The number of unbranched alkanes of at least 4 members (excludes halogenated alkanes) is 10. The third-order valence-electron chi connectivity index (χ3n) is 12.5. The Morgan fingerprint density at radius 3 is 1.17 bits per heavy atom. The molecule has 0 amide bonds. The second-order valence-electron chi connectivity index (χ2n) is 17.5. The van der Waals surface area contributed by atoms with Crippen LogP contribution in [0, 0.1) is 0 Å². The van der Waals surface area contributed by atoms with Gasteiger partial charge in [-0.25, -0.2) is 9.59 Å². The summed E-state index contributed by atoms with van der Waals surface area (Å²) >= 11 is 0. The van der Waals surface area contributed by atoms with Crippen molar-refractivity contribution in [1.82, 2.24) is 0 Å². The number of furan rings is 1. The lowest BCUT2D eigenvalue weighted by atomic mass is 9.93. The highest BCUT2D eigenvalue weighted by Gasteiger charge is 2.30. The Bertz CT molecular complexity index is 2430. The number of aryl methyl sites for hydroxylation is 2. The lowest BCUT2D eigenvalue weighted by Crippen LogP contribution is -2.06. The van der Waals surface area contributed by atoms with Crippen molar-refractivity contribution in [2.45, 2.75) is 130 Å². The molecular formula is C58H64O7. The average molecular weight is 873 g/mol. The summed E-state index contributed by atoms with van der Waals surface area (Å²) in [5.41, 5.74) is 7.83. The lowest BCUT2D eigenvalue weighted by Gasteiger charge is -2.15. The molecule has 6 aromatic carbocycles. The maximum atomic E-state index is 13.4. The molecule has 1 aromatic heterocycles. The van der Waals surface area contributed by atoms with E-state index >= 15 is 0 Å². The van der Waals surface area contributed by atoms with Gasteiger partial charge in [0.2, 0.25) is 0 Å². The van der Waals surface area contributed by atoms with Crippen LogP contribution in [0.4, 0.5) is 0 Å². The number of carboxylic acid groups (broad SMARTS) is 2. The van der Waals surface area contributed by atoms with Gasteiger partial charge in [0.05, 0.1) is 11.1 Å². The fourth-order valence-corrected chi connectivity index (χ4v) is 8.86. The minimum absolute atomic E-state index is 0.0642. The summed E-state index contributed by atoms with van der Waals surface area (Å²) in [5.74, 6) is -1.66. The van der Waals surface area contributed by atoms with E-state index < -0.39 is 11.9 Å². The molecule has 338 valence electrons. The maximum Gasteiger partial charge on any atom is 0.336 e. The second kappa shape index (κ2) is 23.5. The highest BCUT2D eigenvalue weighted by atomic mass is 16.5. The van der Waals surface area contributed by atoms with Gasteiger partial charge in [0, 0.05) is 34.7 Å². The van der Waals surface area contributed by atoms with E-state index in [0.717, 1.165) is 47.9 Å². The zero-order valence-corrected chi connectivity index (χ0v) is 38.2. The fraction of sp³-hybridized carbons (Fsp3) is 0.345. The first-order valence-electron chi connectivity index (χ1n) is 23.9. The topological polar surface area (TPSA) is 106 Å². The van der Waals surface area contributed by atoms with Crippen molar-refractivity contribution in [3.05, 3.63) is 177 Å². The summed E-state index contributed by atoms with van der Waals surface area (Å²) in [5, 5.41) is 22.1. The predicted octanol–water partition coefficient (Wildman–Crippen LogP) is 15.1. The van der Waals surface area contributed by atoms with E-state index in [2.05, 4.69) is 62.4 Å². The monoisotopic (exact) mass is 872 g/mol. The summed E-state index contributed by atoms with van der Waals surface area (Å²) in [6.07, 6.45) is 17.6. The van der Waals surface area contributed by atoms with E-state index in [1.54, 1.807) is 12.1 Å². The Morgan fingerprint density at radius 2 is 0.800 bits per heavy atom. The molecule has 7 rings (SSSR count). The molecule has 0 unspecified atom stereocenters. The van der Waals surface area contributed by atoms with Crippen LogP contribution < -0.4 is 9.47 Å². The fourth-order valence-electron chi connectivity index (χ4n) is 8.86. The first kappa shape index (κ1) is 46.6. The summed E-state index contributed by atoms with van der Waals surface area (Å²) in [6.45, 7) is 4.84. The van der Waals surface area contributed by atoms with Crippen molar-refractivity contribution in [2.24, 2.45) is 0 Å². The number of rotatable bonds is 26. The first-order valence-corrected chi connectivity index (χ1v) is 23.9. The Hall–Kier alpha value is -6.34. The molecule has 0 saturated carbocycles. The molecule has 0 aliphatic heterocycles. The van der Waals surface area contributed by atoms with Crippen LogP contribution in [-0.4, -0.2) is 22.2 Å². The van der Waals surface area contributed by atoms with E-state index in [9.17, 15) is 19.8 Å². The van der Waals surface area contributed by atoms with Crippen LogP contribution in [0.1, 0.15) is 156 Å². The number of ether oxygens (including phenoxy) is 2. The van der Waals surface area contributed by atoms with E-state index in [1.807, 2.05) is 60.7 Å². The van der Waals surface area contributed by atoms with Crippen molar-refractivity contribution in [3.63, 3.8) is 0 Å². The van der Waals surface area contributed by atoms with Gasteiger partial charge in [-0.2, -0.15) is 0 Å². The summed E-state index contributed by atoms with van der Waals surface area (Å²) in [6, 6.07) is 39.8. The van der Waals surface area contributed by atoms with E-state index in [4.69, 9.17) is 13.9 Å². The number of hydrogen-bond acceptors (Lipinski definition) is 5. The summed E-state index contributed by atoms with van der Waals surface area (Å²) in [7, 11) is 0. The number of fused-ring (bicyclic) bond motifs is 3. The largest absolute Gasteiger partial charge is 0.485 e. The highest BCUT2D eigenvalue weighted by molar-refractivity contribution is 6.22. The molecule has 0 fully saturated rings. The molecule has 7 aromatic rings. The molecule has 0 atom stereocenters. The minimum Gasteiger partial charge on any atom is -0.485 e. The van der Waals surface area contributed by atoms with Crippen molar-refractivity contribution < 1.29 is 33.7 Å². The molecule has 0 radical (unpaired) electrons. The standard InChI is InChI=1S/C58H64O7/c1-3-5-7-9-11-15-21-41-27-31-43(32-28-41)35-47-37-49(57(59)60)51-52-50(58(61)62)38-48(36-44-33-29-42(30-34-44)22-16-12-10-8-6-4-2)54(64-40-46-25-19-14-20-26-46)56(52)65-55(51)53(47)63-39-45-23-17-13-18-24-45/h13-14,17-20,23-34,37-38H,3-12,15-16,21-22,35-36,39-40H2,1-2H3,(H,59,60)(H,61,62). The SMILES string of the molecule is CCCCCCCCc1ccc(Cc2cc(C(=O)O)c3c(oc4c(OCc5ccccc5)c(Cc5ccc(CCCCCCCC)cc5)cc(C(=O)O)c43)c2OCc2ccccc2)cc1. The van der Waals surface area contributed by atoms with Crippen molar-refractivity contribution in [1.29, 1.82) is 0 Å². The third-order valence-corrected chi connectivity index (χ3v) is 12.5. The van der Waals surface area contributed by atoms with Crippen LogP contribution in [-0.2, 0) is 38.9 Å². The van der Waals surface area contributed by atoms with Gasteiger partial charge in [-0.3, -0.25) is 0 Å². The molecule has 0 aliphatic rings. The van der Waals surface area contributed by atoms with Crippen LogP contribution in [0.2, 0.25) is 0 Å². The Labute approximate surface area is 384 Å². The van der Waals surface area contributed by atoms with Gasteiger partial charge in [0.25, 0.3) is 0 Å². The Kier molecular flexibility index (Phi) is 16.9. The average Bonchev–Trinajstić information content (AvgIpc) is 3.72. The molecule has 7 heteroatoms. The van der Waals surface area contributed by atoms with Crippen LogP contribution in [0.25, 0.3) is 21.9 Å². The van der Waals surface area contributed by atoms with Gasteiger partial charge in [0.15, 0.2) is 22.7 Å². The zero-order chi connectivity index (χ0) is 45.4. The number of carbonyl (C=O) groups is 2.